The van der Waals surface area contributed by atoms with Crippen LogP contribution in [0.4, 0.5) is 17.6 Å². The molecule has 0 bridgehead atoms. The Balaban J connectivity index is 4.38. The van der Waals surface area contributed by atoms with Gasteiger partial charge in [0, 0.05) is 0 Å². The molecule has 0 rings (SSSR count). The van der Waals surface area contributed by atoms with Crippen molar-refractivity contribution in [3.63, 3.8) is 0 Å². The molecule has 0 aliphatic carbocycles. The lowest BCUT2D eigenvalue weighted by molar-refractivity contribution is -0.158. The van der Waals surface area contributed by atoms with E-state index in [0.717, 1.165) is 12.2 Å². The molecule has 0 saturated heterocycles. The van der Waals surface area contributed by atoms with Crippen LogP contribution in [0, 0.1) is 0 Å². The third kappa shape index (κ3) is 5.64. The monoisotopic (exact) mass is 258 g/mol. The van der Waals surface area contributed by atoms with Gasteiger partial charge in [-0.15, -0.1) is 0 Å². The van der Waals surface area contributed by atoms with Crippen molar-refractivity contribution >= 4 is 5.97 Å². The first-order valence-electron chi connectivity index (χ1n) is 4.12. The van der Waals surface area contributed by atoms with Crippen molar-refractivity contribution in [1.29, 1.82) is 0 Å². The van der Waals surface area contributed by atoms with Crippen molar-refractivity contribution in [2.24, 2.45) is 11.5 Å². The molecule has 0 radical (unpaired) electrons. The fourth-order valence-electron chi connectivity index (χ4n) is 0.534. The fourth-order valence-corrected chi connectivity index (χ4v) is 0.534. The number of carbonyl (C=O) groups is 1. The van der Waals surface area contributed by atoms with Crippen molar-refractivity contribution in [2.75, 3.05) is 6.61 Å². The van der Waals surface area contributed by atoms with Gasteiger partial charge in [0.05, 0.1) is 0 Å². The number of ether oxygens (including phenoxy) is 1. The number of alkyl halides is 4. The maximum absolute atomic E-state index is 12.3. The van der Waals surface area contributed by atoms with Gasteiger partial charge in [-0.1, -0.05) is 0 Å². The van der Waals surface area contributed by atoms with Crippen LogP contribution in [0.2, 0.25) is 0 Å². The number of halogens is 4. The molecule has 0 atom stereocenters. The van der Waals surface area contributed by atoms with E-state index in [1.54, 1.807) is 0 Å². The Bertz CT molecular complexity index is 342. The number of nitrogens with two attached hydrogens (primary N) is 2. The second-order valence-corrected chi connectivity index (χ2v) is 2.85. The number of allylic oxidation sites excluding steroid dienone is 2. The number of carboxylic acids is 1. The molecular weight excluding hydrogens is 248 g/mol. The van der Waals surface area contributed by atoms with Crippen LogP contribution in [0.5, 0.6) is 0 Å². The average molecular weight is 258 g/mol. The number of carboxylic acid groups (broad SMARTS) is 1. The molecule has 5 nitrogen and oxygen atoms in total. The van der Waals surface area contributed by atoms with Crippen LogP contribution >= 0.6 is 0 Å². The highest BCUT2D eigenvalue weighted by Crippen LogP contribution is 2.23. The molecule has 0 aromatic rings. The summed E-state index contributed by atoms with van der Waals surface area (Å²) in [6.45, 7) is -1.62. The van der Waals surface area contributed by atoms with E-state index in [2.05, 4.69) is 4.74 Å². The van der Waals surface area contributed by atoms with E-state index in [1.165, 1.54) is 0 Å². The first-order chi connectivity index (χ1) is 7.66. The molecule has 0 amide bonds. The molecule has 0 aromatic heterocycles. The predicted molar refractivity (Wildman–Crippen MR) is 49.1 cm³/mol. The summed E-state index contributed by atoms with van der Waals surface area (Å²) in [5, 5.41) is 8.30. The summed E-state index contributed by atoms with van der Waals surface area (Å²) in [5.41, 5.74) is 9.32. The first kappa shape index (κ1) is 15.1. The van der Waals surface area contributed by atoms with Crippen molar-refractivity contribution in [3.05, 3.63) is 23.7 Å². The lowest BCUT2D eigenvalue weighted by atomic mass is 10.4. The van der Waals surface area contributed by atoms with Crippen molar-refractivity contribution < 1.29 is 32.2 Å². The molecule has 5 N–H and O–H groups in total. The minimum absolute atomic E-state index is 0.614. The smallest absolute Gasteiger partial charge is 0.351 e. The van der Waals surface area contributed by atoms with E-state index < -0.39 is 36.5 Å². The third-order valence-electron chi connectivity index (χ3n) is 1.42. The molecule has 0 spiro atoms. The van der Waals surface area contributed by atoms with Gasteiger partial charge in [-0.05, 0) is 12.2 Å². The quantitative estimate of drug-likeness (QED) is 0.281. The minimum atomic E-state index is -4.33. The highest BCUT2D eigenvalue weighted by Gasteiger charge is 2.41. The molecule has 0 aliphatic rings. The van der Waals surface area contributed by atoms with Crippen LogP contribution in [0.1, 0.15) is 0 Å². The van der Waals surface area contributed by atoms with E-state index in [-0.39, 0.29) is 0 Å². The zero-order valence-electron chi connectivity index (χ0n) is 8.37. The second kappa shape index (κ2) is 5.97. The molecule has 9 heteroatoms. The van der Waals surface area contributed by atoms with Gasteiger partial charge in [-0.3, -0.25) is 0 Å². The van der Waals surface area contributed by atoms with E-state index in [4.69, 9.17) is 16.6 Å². The maximum atomic E-state index is 12.3. The van der Waals surface area contributed by atoms with Crippen molar-refractivity contribution in [2.45, 2.75) is 12.3 Å². The molecule has 0 aliphatic heterocycles. The zero-order valence-corrected chi connectivity index (χ0v) is 8.37. The number of aliphatic carboxylic acids is 1. The molecule has 98 valence electrons. The molecule has 17 heavy (non-hydrogen) atoms. The van der Waals surface area contributed by atoms with E-state index in [1.807, 2.05) is 0 Å². The van der Waals surface area contributed by atoms with Gasteiger partial charge in [-0.25, -0.2) is 13.6 Å². The molecule has 0 heterocycles. The summed E-state index contributed by atoms with van der Waals surface area (Å²) in [7, 11) is 0. The Morgan fingerprint density at radius 2 is 1.88 bits per heavy atom. The van der Waals surface area contributed by atoms with Gasteiger partial charge < -0.3 is 21.3 Å². The van der Waals surface area contributed by atoms with Gasteiger partial charge in [0.1, 0.15) is 5.70 Å². The maximum Gasteiger partial charge on any atom is 0.351 e. The van der Waals surface area contributed by atoms with Crippen LogP contribution in [0.3, 0.4) is 0 Å². The summed E-state index contributed by atoms with van der Waals surface area (Å²) in [6, 6.07) is 0. The zero-order chi connectivity index (χ0) is 13.6. The highest BCUT2D eigenvalue weighted by molar-refractivity contribution is 5.85. The van der Waals surface area contributed by atoms with Gasteiger partial charge >= 0.3 is 18.3 Å². The summed E-state index contributed by atoms with van der Waals surface area (Å²) < 4.78 is 52.2. The van der Waals surface area contributed by atoms with Gasteiger partial charge in [0.2, 0.25) is 0 Å². The van der Waals surface area contributed by atoms with Crippen molar-refractivity contribution in [3.8, 4) is 0 Å². The van der Waals surface area contributed by atoms with Gasteiger partial charge in [-0.2, -0.15) is 8.78 Å². The average Bonchev–Trinajstić information content (AvgIpc) is 2.22. The molecular formula is C8H10F4N2O3. The number of hydrogen-bond donors (Lipinski definition) is 3. The number of rotatable bonds is 6. The Labute approximate surface area is 93.3 Å². The van der Waals surface area contributed by atoms with Crippen LogP contribution < -0.4 is 11.5 Å². The summed E-state index contributed by atoms with van der Waals surface area (Å²) in [6.07, 6.45) is -2.33. The Morgan fingerprint density at radius 3 is 2.29 bits per heavy atom. The Morgan fingerprint density at radius 1 is 1.35 bits per heavy atom. The fraction of sp³-hybridized carbons (Fsp3) is 0.375. The second-order valence-electron chi connectivity index (χ2n) is 2.85. The normalized spacial score (nSPS) is 13.9. The molecule has 0 saturated carbocycles. The first-order valence-corrected chi connectivity index (χ1v) is 4.12. The van der Waals surface area contributed by atoms with Crippen LogP contribution in [0.25, 0.3) is 0 Å². The highest BCUT2D eigenvalue weighted by atomic mass is 19.3. The van der Waals surface area contributed by atoms with Crippen LogP contribution in [-0.4, -0.2) is 30.0 Å². The summed E-state index contributed by atoms with van der Waals surface area (Å²) in [4.78, 5) is 10.2. The van der Waals surface area contributed by atoms with Crippen molar-refractivity contribution in [1.82, 2.24) is 0 Å². The standard InChI is InChI=1S/C8H10F4N2O3/c9-7(10)8(11,12)3-17-5(14)2-1-4(13)6(15)16/h1-2,7H,3,13-14H2,(H,15,16)/b4-1-,5-2+. The number of hydrogen-bond acceptors (Lipinski definition) is 4. The summed E-state index contributed by atoms with van der Waals surface area (Å²) >= 11 is 0. The molecule has 0 fully saturated rings. The largest absolute Gasteiger partial charge is 0.477 e. The lowest BCUT2D eigenvalue weighted by Crippen LogP contribution is -2.32. The topological polar surface area (TPSA) is 98.6 Å². The SMILES string of the molecule is N/C(=C\C=C(/N)OCC(F)(F)C(F)F)C(=O)O. The Hall–Kier alpha value is -1.93. The predicted octanol–water partition coefficient (Wildman–Crippen LogP) is 0.631. The van der Waals surface area contributed by atoms with Gasteiger partial charge in [0.15, 0.2) is 12.5 Å². The molecule has 0 unspecified atom stereocenters. The lowest BCUT2D eigenvalue weighted by Gasteiger charge is -2.15. The Kier molecular flexibility index (Phi) is 5.29. The minimum Gasteiger partial charge on any atom is -0.477 e. The van der Waals surface area contributed by atoms with E-state index >= 15 is 0 Å². The van der Waals surface area contributed by atoms with E-state index in [9.17, 15) is 22.4 Å². The van der Waals surface area contributed by atoms with Crippen LogP contribution in [-0.2, 0) is 9.53 Å². The van der Waals surface area contributed by atoms with Gasteiger partial charge in [0.25, 0.3) is 0 Å². The molecule has 0 aromatic carbocycles. The third-order valence-corrected chi connectivity index (χ3v) is 1.42. The summed E-state index contributed by atoms with van der Waals surface area (Å²) in [5.74, 6) is -6.44. The van der Waals surface area contributed by atoms with Crippen LogP contribution in [0.15, 0.2) is 23.7 Å². The van der Waals surface area contributed by atoms with E-state index in [0.29, 0.717) is 0 Å².